The predicted octanol–water partition coefficient (Wildman–Crippen LogP) is 0.778. The lowest BCUT2D eigenvalue weighted by Gasteiger charge is -2.08. The molecule has 17 heavy (non-hydrogen) atoms. The number of aliphatic hydroxyl groups is 1. The van der Waals surface area contributed by atoms with E-state index in [9.17, 15) is 0 Å². The normalized spacial score (nSPS) is 12.4. The largest absolute Gasteiger partial charge is 0.393 e. The van der Waals surface area contributed by atoms with Gasteiger partial charge in [-0.1, -0.05) is 0 Å². The molecule has 1 unspecified atom stereocenters. The van der Waals surface area contributed by atoms with Crippen LogP contribution in [0.4, 0.5) is 11.6 Å². The zero-order valence-corrected chi connectivity index (χ0v) is 10.3. The number of nitrogens with two attached hydrogens (primary N) is 1. The van der Waals surface area contributed by atoms with E-state index in [1.165, 1.54) is 0 Å². The number of aliphatic hydroxyl groups excluding tert-OH is 1. The smallest absolute Gasteiger partial charge is 0.158 e. The quantitative estimate of drug-likeness (QED) is 0.610. The van der Waals surface area contributed by atoms with Crippen molar-refractivity contribution in [2.75, 3.05) is 24.7 Å². The molecule has 0 spiro atoms. The van der Waals surface area contributed by atoms with Crippen LogP contribution in [-0.4, -0.2) is 34.8 Å². The van der Waals surface area contributed by atoms with E-state index in [1.807, 2.05) is 0 Å². The minimum Gasteiger partial charge on any atom is -0.393 e. The maximum absolute atomic E-state index is 9.12. The Morgan fingerprint density at radius 3 is 2.94 bits per heavy atom. The third kappa shape index (κ3) is 5.46. The molecule has 0 aliphatic rings. The third-order valence-corrected chi connectivity index (χ3v) is 2.17. The molecule has 0 bridgehead atoms. The van der Waals surface area contributed by atoms with Crippen LogP contribution >= 0.6 is 0 Å². The molecule has 96 valence electrons. The van der Waals surface area contributed by atoms with Gasteiger partial charge in [0.05, 0.1) is 6.10 Å². The second kappa shape index (κ2) is 7.03. The standard InChI is InChI=1S/C11H20N4O2/c1-8(16)4-3-5-13-10-6-9(12)14-11(15-10)7-17-2/h6,8,16H,3-5,7H2,1-2H3,(H3,12,13,14,15). The molecular formula is C11H20N4O2. The Kier molecular flexibility index (Phi) is 5.65. The Bertz CT molecular complexity index is 344. The molecule has 1 atom stereocenters. The average Bonchev–Trinajstić information content (AvgIpc) is 2.24. The summed E-state index contributed by atoms with van der Waals surface area (Å²) in [6, 6.07) is 1.68. The van der Waals surface area contributed by atoms with E-state index >= 15 is 0 Å². The molecule has 6 nitrogen and oxygen atoms in total. The Morgan fingerprint density at radius 1 is 1.53 bits per heavy atom. The first kappa shape index (κ1) is 13.7. The molecule has 0 aliphatic carbocycles. The minimum atomic E-state index is -0.267. The van der Waals surface area contributed by atoms with E-state index in [1.54, 1.807) is 20.1 Å². The molecule has 6 heteroatoms. The minimum absolute atomic E-state index is 0.267. The highest BCUT2D eigenvalue weighted by Gasteiger charge is 2.02. The van der Waals surface area contributed by atoms with Crippen molar-refractivity contribution < 1.29 is 9.84 Å². The van der Waals surface area contributed by atoms with Gasteiger partial charge in [0.1, 0.15) is 18.2 Å². The molecule has 0 aliphatic heterocycles. The van der Waals surface area contributed by atoms with Gasteiger partial charge in [0.15, 0.2) is 5.82 Å². The molecule has 4 N–H and O–H groups in total. The Labute approximate surface area is 101 Å². The first-order valence-electron chi connectivity index (χ1n) is 5.66. The second-order valence-electron chi connectivity index (χ2n) is 3.95. The van der Waals surface area contributed by atoms with Gasteiger partial charge in [-0.3, -0.25) is 0 Å². The van der Waals surface area contributed by atoms with Crippen LogP contribution in [0.25, 0.3) is 0 Å². The van der Waals surface area contributed by atoms with Crippen LogP contribution in [0.1, 0.15) is 25.6 Å². The van der Waals surface area contributed by atoms with Crippen LogP contribution in [0.5, 0.6) is 0 Å². The van der Waals surface area contributed by atoms with E-state index in [0.29, 0.717) is 24.1 Å². The van der Waals surface area contributed by atoms with Crippen LogP contribution in [0.2, 0.25) is 0 Å². The zero-order chi connectivity index (χ0) is 12.7. The maximum atomic E-state index is 9.12. The Morgan fingerprint density at radius 2 is 2.29 bits per heavy atom. The summed E-state index contributed by atoms with van der Waals surface area (Å²) in [5.41, 5.74) is 5.66. The summed E-state index contributed by atoms with van der Waals surface area (Å²) < 4.78 is 4.95. The number of nitrogens with one attached hydrogen (secondary N) is 1. The molecule has 0 radical (unpaired) electrons. The van der Waals surface area contributed by atoms with Crippen molar-refractivity contribution in [3.05, 3.63) is 11.9 Å². The van der Waals surface area contributed by atoms with Gasteiger partial charge in [-0.25, -0.2) is 9.97 Å². The van der Waals surface area contributed by atoms with E-state index in [4.69, 9.17) is 15.6 Å². The van der Waals surface area contributed by atoms with E-state index in [-0.39, 0.29) is 6.10 Å². The van der Waals surface area contributed by atoms with Gasteiger partial charge in [0, 0.05) is 19.7 Å². The number of hydrogen-bond acceptors (Lipinski definition) is 6. The molecule has 1 heterocycles. The van der Waals surface area contributed by atoms with Crippen LogP contribution in [0.15, 0.2) is 6.07 Å². The molecule has 1 aromatic rings. The summed E-state index contributed by atoms with van der Waals surface area (Å²) in [5.74, 6) is 1.67. The van der Waals surface area contributed by atoms with Gasteiger partial charge in [-0.2, -0.15) is 0 Å². The van der Waals surface area contributed by atoms with Crippen molar-refractivity contribution in [3.8, 4) is 0 Å². The van der Waals surface area contributed by atoms with Crippen LogP contribution < -0.4 is 11.1 Å². The predicted molar refractivity (Wildman–Crippen MR) is 66.6 cm³/mol. The summed E-state index contributed by atoms with van der Waals surface area (Å²) in [6.45, 7) is 2.86. The first-order valence-corrected chi connectivity index (χ1v) is 5.66. The number of nitrogens with zero attached hydrogens (tertiary/aromatic N) is 2. The Hall–Kier alpha value is -1.40. The summed E-state index contributed by atoms with van der Waals surface area (Å²) >= 11 is 0. The molecule has 0 aromatic carbocycles. The van der Waals surface area contributed by atoms with Gasteiger partial charge < -0.3 is 20.9 Å². The van der Waals surface area contributed by atoms with Crippen molar-refractivity contribution >= 4 is 11.6 Å². The fourth-order valence-electron chi connectivity index (χ4n) is 1.42. The highest BCUT2D eigenvalue weighted by atomic mass is 16.5. The van der Waals surface area contributed by atoms with Crippen molar-refractivity contribution in [1.29, 1.82) is 0 Å². The van der Waals surface area contributed by atoms with Crippen LogP contribution in [-0.2, 0) is 11.3 Å². The number of anilines is 2. The van der Waals surface area contributed by atoms with E-state index < -0.39 is 0 Å². The molecule has 0 fully saturated rings. The molecule has 1 aromatic heterocycles. The molecule has 1 rings (SSSR count). The lowest BCUT2D eigenvalue weighted by atomic mass is 10.2. The highest BCUT2D eigenvalue weighted by Crippen LogP contribution is 2.09. The Balaban J connectivity index is 2.46. The summed E-state index contributed by atoms with van der Waals surface area (Å²) in [7, 11) is 1.59. The fourth-order valence-corrected chi connectivity index (χ4v) is 1.42. The topological polar surface area (TPSA) is 93.3 Å². The summed E-state index contributed by atoms with van der Waals surface area (Å²) in [5, 5.41) is 12.3. The van der Waals surface area contributed by atoms with Crippen molar-refractivity contribution in [3.63, 3.8) is 0 Å². The van der Waals surface area contributed by atoms with Crippen molar-refractivity contribution in [2.45, 2.75) is 32.5 Å². The van der Waals surface area contributed by atoms with Gasteiger partial charge in [-0.05, 0) is 19.8 Å². The van der Waals surface area contributed by atoms with Gasteiger partial charge in [0.25, 0.3) is 0 Å². The van der Waals surface area contributed by atoms with E-state index in [0.717, 1.165) is 19.4 Å². The lowest BCUT2D eigenvalue weighted by Crippen LogP contribution is -2.10. The van der Waals surface area contributed by atoms with E-state index in [2.05, 4.69) is 15.3 Å². The highest BCUT2D eigenvalue weighted by molar-refractivity contribution is 5.44. The number of rotatable bonds is 7. The zero-order valence-electron chi connectivity index (χ0n) is 10.3. The van der Waals surface area contributed by atoms with Crippen LogP contribution in [0, 0.1) is 0 Å². The van der Waals surface area contributed by atoms with Crippen molar-refractivity contribution in [1.82, 2.24) is 9.97 Å². The first-order chi connectivity index (χ1) is 8.11. The van der Waals surface area contributed by atoms with Gasteiger partial charge in [0.2, 0.25) is 0 Å². The number of nitrogen functional groups attached to an aromatic ring is 1. The van der Waals surface area contributed by atoms with Crippen molar-refractivity contribution in [2.24, 2.45) is 0 Å². The lowest BCUT2D eigenvalue weighted by molar-refractivity contribution is 0.178. The molecule has 0 amide bonds. The van der Waals surface area contributed by atoms with Gasteiger partial charge in [-0.15, -0.1) is 0 Å². The van der Waals surface area contributed by atoms with Gasteiger partial charge >= 0.3 is 0 Å². The maximum Gasteiger partial charge on any atom is 0.158 e. The average molecular weight is 240 g/mol. The number of aromatic nitrogens is 2. The van der Waals surface area contributed by atoms with Crippen LogP contribution in [0.3, 0.4) is 0 Å². The monoisotopic (exact) mass is 240 g/mol. The second-order valence-corrected chi connectivity index (χ2v) is 3.95. The number of methoxy groups -OCH3 is 1. The molecule has 0 saturated carbocycles. The fraction of sp³-hybridized carbons (Fsp3) is 0.636. The molecule has 0 saturated heterocycles. The summed E-state index contributed by atoms with van der Waals surface area (Å²) in [4.78, 5) is 8.29. The number of ether oxygens (including phenoxy) is 1. The third-order valence-electron chi connectivity index (χ3n) is 2.17. The summed E-state index contributed by atoms with van der Waals surface area (Å²) in [6.07, 6.45) is 1.37. The molecular weight excluding hydrogens is 220 g/mol. The SMILES string of the molecule is COCc1nc(N)cc(NCCCC(C)O)n1. The number of hydrogen-bond donors (Lipinski definition) is 3.